The molecular weight excluding hydrogens is 390 g/mol. The second kappa shape index (κ2) is 9.64. The Labute approximate surface area is 173 Å². The Balaban J connectivity index is 1.58. The molecule has 1 aliphatic rings. The first-order valence-electron chi connectivity index (χ1n) is 9.39. The van der Waals surface area contributed by atoms with Crippen LogP contribution in [0.25, 0.3) is 0 Å². The third-order valence-corrected chi connectivity index (χ3v) is 4.41. The van der Waals surface area contributed by atoms with E-state index in [2.05, 4.69) is 5.32 Å². The van der Waals surface area contributed by atoms with Gasteiger partial charge in [0.2, 0.25) is 11.8 Å². The number of nitrogens with one attached hydrogen (secondary N) is 1. The fourth-order valence-corrected chi connectivity index (χ4v) is 3.02. The number of ether oxygens (including phenoxy) is 3. The van der Waals surface area contributed by atoms with Gasteiger partial charge in [-0.2, -0.15) is 0 Å². The summed E-state index contributed by atoms with van der Waals surface area (Å²) < 4.78 is 16.0. The van der Waals surface area contributed by atoms with Crippen molar-refractivity contribution in [1.82, 2.24) is 0 Å². The lowest BCUT2D eigenvalue weighted by Gasteiger charge is -2.29. The van der Waals surface area contributed by atoms with Gasteiger partial charge in [0.15, 0.2) is 18.1 Å². The van der Waals surface area contributed by atoms with E-state index >= 15 is 0 Å². The summed E-state index contributed by atoms with van der Waals surface area (Å²) in [6, 6.07) is 12.1. The second-order valence-corrected chi connectivity index (χ2v) is 6.53. The molecule has 2 aromatic carbocycles. The van der Waals surface area contributed by atoms with Crippen LogP contribution >= 0.6 is 0 Å². The average molecular weight is 413 g/mol. The van der Waals surface area contributed by atoms with Crippen molar-refractivity contribution in [3.05, 3.63) is 42.5 Å². The zero-order valence-corrected chi connectivity index (χ0v) is 16.6. The first kappa shape index (κ1) is 21.0. The van der Waals surface area contributed by atoms with E-state index in [1.54, 1.807) is 17.0 Å². The third-order valence-electron chi connectivity index (χ3n) is 4.41. The Morgan fingerprint density at radius 2 is 1.93 bits per heavy atom. The number of primary amides is 1. The average Bonchev–Trinajstić information content (AvgIpc) is 2.75. The number of para-hydroxylation sites is 2. The summed E-state index contributed by atoms with van der Waals surface area (Å²) in [5, 5.41) is 2.71. The molecule has 9 nitrogen and oxygen atoms in total. The number of rotatable bonds is 8. The number of carbonyl (C=O) groups excluding carboxylic acids is 3. The highest BCUT2D eigenvalue weighted by atomic mass is 16.5. The quantitative estimate of drug-likeness (QED) is 0.680. The summed E-state index contributed by atoms with van der Waals surface area (Å²) in [6.07, 6.45) is 0.0726. The van der Waals surface area contributed by atoms with Crippen LogP contribution in [-0.4, -0.2) is 44.6 Å². The first-order valence-corrected chi connectivity index (χ1v) is 9.39. The molecule has 0 atom stereocenters. The van der Waals surface area contributed by atoms with Gasteiger partial charge in [0.05, 0.1) is 19.3 Å². The molecule has 0 aromatic heterocycles. The van der Waals surface area contributed by atoms with Crippen molar-refractivity contribution >= 4 is 29.1 Å². The molecule has 0 saturated heterocycles. The Hall–Kier alpha value is -3.75. The first-order chi connectivity index (χ1) is 14.5. The topological polar surface area (TPSA) is 120 Å². The molecule has 1 heterocycles. The van der Waals surface area contributed by atoms with Gasteiger partial charge in [0.25, 0.3) is 5.91 Å². The van der Waals surface area contributed by atoms with Crippen LogP contribution in [0.15, 0.2) is 42.5 Å². The molecule has 3 amide bonds. The van der Waals surface area contributed by atoms with Gasteiger partial charge in [0, 0.05) is 24.6 Å². The maximum Gasteiger partial charge on any atom is 0.255 e. The van der Waals surface area contributed by atoms with Crippen LogP contribution in [0.1, 0.15) is 12.8 Å². The van der Waals surface area contributed by atoms with Crippen LogP contribution in [0.2, 0.25) is 0 Å². The van der Waals surface area contributed by atoms with Crippen molar-refractivity contribution in [3.63, 3.8) is 0 Å². The van der Waals surface area contributed by atoms with Crippen molar-refractivity contribution in [2.24, 2.45) is 5.73 Å². The summed E-state index contributed by atoms with van der Waals surface area (Å²) >= 11 is 0. The van der Waals surface area contributed by atoms with Crippen molar-refractivity contribution in [3.8, 4) is 17.2 Å². The number of hydrogen-bond acceptors (Lipinski definition) is 6. The van der Waals surface area contributed by atoms with Crippen LogP contribution in [0, 0.1) is 0 Å². The lowest BCUT2D eigenvalue weighted by Crippen LogP contribution is -2.38. The molecule has 0 spiro atoms. The summed E-state index contributed by atoms with van der Waals surface area (Å²) in [4.78, 5) is 37.5. The highest BCUT2D eigenvalue weighted by Gasteiger charge is 2.23. The zero-order valence-electron chi connectivity index (χ0n) is 16.6. The fraction of sp³-hybridized carbons (Fsp3) is 0.286. The molecular formula is C21H23N3O6. The summed E-state index contributed by atoms with van der Waals surface area (Å²) in [6.45, 7) is 0.536. The number of nitrogens with two attached hydrogens (primary N) is 1. The summed E-state index contributed by atoms with van der Waals surface area (Å²) in [7, 11) is 1.46. The number of methoxy groups -OCH3 is 1. The molecule has 158 valence electrons. The largest absolute Gasteiger partial charge is 0.493 e. The van der Waals surface area contributed by atoms with E-state index in [0.29, 0.717) is 36.0 Å². The minimum atomic E-state index is -0.630. The molecule has 3 rings (SSSR count). The van der Waals surface area contributed by atoms with Crippen molar-refractivity contribution in [2.45, 2.75) is 12.8 Å². The van der Waals surface area contributed by atoms with Gasteiger partial charge in [-0.1, -0.05) is 12.1 Å². The Morgan fingerprint density at radius 1 is 1.13 bits per heavy atom. The molecule has 0 fully saturated rings. The van der Waals surface area contributed by atoms with E-state index in [4.69, 9.17) is 19.9 Å². The van der Waals surface area contributed by atoms with Crippen LogP contribution in [0.5, 0.6) is 17.2 Å². The van der Waals surface area contributed by atoms with Crippen LogP contribution in [-0.2, 0) is 14.4 Å². The Bertz CT molecular complexity index is 946. The van der Waals surface area contributed by atoms with Crippen molar-refractivity contribution in [1.29, 1.82) is 0 Å². The molecule has 30 heavy (non-hydrogen) atoms. The monoisotopic (exact) mass is 413 g/mol. The minimum Gasteiger partial charge on any atom is -0.493 e. The standard InChI is InChI=1S/C21H23N3O6/c1-28-17-7-6-14(12-18(17)30-13-19(22)25)23-20(26)8-9-21(27)24-10-11-29-16-5-3-2-4-15(16)24/h2-7,12H,8-11,13H2,1H3,(H2,22,25)(H,23,26). The fourth-order valence-electron chi connectivity index (χ4n) is 3.02. The van der Waals surface area contributed by atoms with E-state index in [1.807, 2.05) is 24.3 Å². The van der Waals surface area contributed by atoms with Gasteiger partial charge >= 0.3 is 0 Å². The molecule has 3 N–H and O–H groups in total. The summed E-state index contributed by atoms with van der Waals surface area (Å²) in [5.74, 6) is 0.223. The number of nitrogens with zero attached hydrogens (tertiary/aromatic N) is 1. The lowest BCUT2D eigenvalue weighted by atomic mass is 10.2. The van der Waals surface area contributed by atoms with Crippen molar-refractivity contribution < 1.29 is 28.6 Å². The second-order valence-electron chi connectivity index (χ2n) is 6.53. The van der Waals surface area contributed by atoms with Gasteiger partial charge in [-0.05, 0) is 24.3 Å². The van der Waals surface area contributed by atoms with Gasteiger partial charge in [-0.3, -0.25) is 14.4 Å². The summed E-state index contributed by atoms with van der Waals surface area (Å²) in [5.41, 5.74) is 6.25. The molecule has 0 aliphatic carbocycles. The predicted octanol–water partition coefficient (Wildman–Crippen LogP) is 1.70. The van der Waals surface area contributed by atoms with Gasteiger partial charge < -0.3 is 30.2 Å². The maximum atomic E-state index is 12.6. The highest BCUT2D eigenvalue weighted by molar-refractivity contribution is 5.99. The molecule has 9 heteroatoms. The minimum absolute atomic E-state index is 0.0157. The smallest absolute Gasteiger partial charge is 0.255 e. The van der Waals surface area contributed by atoms with E-state index < -0.39 is 5.91 Å². The number of carbonyl (C=O) groups is 3. The normalized spacial score (nSPS) is 12.4. The predicted molar refractivity (Wildman–Crippen MR) is 110 cm³/mol. The number of anilines is 2. The molecule has 0 unspecified atom stereocenters. The zero-order chi connectivity index (χ0) is 21.5. The molecule has 0 radical (unpaired) electrons. The van der Waals surface area contributed by atoms with E-state index in [1.165, 1.54) is 13.2 Å². The van der Waals surface area contributed by atoms with Crippen LogP contribution < -0.4 is 30.2 Å². The third kappa shape index (κ3) is 5.19. The maximum absolute atomic E-state index is 12.6. The van der Waals surface area contributed by atoms with Crippen LogP contribution in [0.3, 0.4) is 0 Å². The van der Waals surface area contributed by atoms with Crippen LogP contribution in [0.4, 0.5) is 11.4 Å². The Kier molecular flexibility index (Phi) is 6.74. The SMILES string of the molecule is COc1ccc(NC(=O)CCC(=O)N2CCOc3ccccc32)cc1OCC(N)=O. The number of fused-ring (bicyclic) bond motifs is 1. The van der Waals surface area contributed by atoms with Gasteiger partial charge in [-0.15, -0.1) is 0 Å². The number of hydrogen-bond donors (Lipinski definition) is 2. The molecule has 0 bridgehead atoms. The Morgan fingerprint density at radius 3 is 2.70 bits per heavy atom. The molecule has 0 saturated carbocycles. The van der Waals surface area contributed by atoms with Gasteiger partial charge in [-0.25, -0.2) is 0 Å². The van der Waals surface area contributed by atoms with E-state index in [0.717, 1.165) is 0 Å². The van der Waals surface area contributed by atoms with E-state index in [-0.39, 0.29) is 37.0 Å². The van der Waals surface area contributed by atoms with Crippen molar-refractivity contribution in [2.75, 3.05) is 37.1 Å². The lowest BCUT2D eigenvalue weighted by molar-refractivity contribution is -0.122. The number of benzene rings is 2. The highest BCUT2D eigenvalue weighted by Crippen LogP contribution is 2.32. The molecule has 2 aromatic rings. The van der Waals surface area contributed by atoms with Gasteiger partial charge in [0.1, 0.15) is 12.4 Å². The number of amides is 3. The van der Waals surface area contributed by atoms with E-state index in [9.17, 15) is 14.4 Å². The molecule has 1 aliphatic heterocycles.